The van der Waals surface area contributed by atoms with Crippen molar-refractivity contribution in [2.24, 2.45) is 0 Å². The van der Waals surface area contributed by atoms with Crippen LogP contribution in [0.5, 0.6) is 11.5 Å². The molecule has 39 heavy (non-hydrogen) atoms. The Kier molecular flexibility index (Phi) is 6.69. The monoisotopic (exact) mass is 546 g/mol. The number of hydrogen-bond acceptors (Lipinski definition) is 9. The number of furan rings is 1. The smallest absolute Gasteiger partial charge is 0.253 e. The molecule has 4 aromatic heterocycles. The summed E-state index contributed by atoms with van der Waals surface area (Å²) >= 11 is 1.66. The van der Waals surface area contributed by atoms with E-state index < -0.39 is 6.04 Å². The van der Waals surface area contributed by atoms with Gasteiger partial charge in [0.2, 0.25) is 0 Å². The normalized spacial score (nSPS) is 14.3. The summed E-state index contributed by atoms with van der Waals surface area (Å²) in [5.74, 6) is 2.65. The number of ether oxygens (including phenoxy) is 2. The first-order chi connectivity index (χ1) is 18.9. The van der Waals surface area contributed by atoms with Crippen molar-refractivity contribution in [3.05, 3.63) is 86.5 Å². The molecule has 0 unspecified atom stereocenters. The Bertz CT molecular complexity index is 1590. The maximum Gasteiger partial charge on any atom is 0.253 e. The highest BCUT2D eigenvalue weighted by Gasteiger charge is 2.35. The van der Waals surface area contributed by atoms with E-state index in [2.05, 4.69) is 52.2 Å². The summed E-state index contributed by atoms with van der Waals surface area (Å²) in [4.78, 5) is 20.2. The van der Waals surface area contributed by atoms with Gasteiger partial charge in [0.1, 0.15) is 25.0 Å². The molecule has 11 heteroatoms. The van der Waals surface area contributed by atoms with Gasteiger partial charge in [-0.15, -0.1) is 16.4 Å². The average Bonchev–Trinajstić information content (AvgIpc) is 3.72. The molecule has 1 aliphatic rings. The van der Waals surface area contributed by atoms with Crippen molar-refractivity contribution in [2.75, 3.05) is 13.2 Å². The molecule has 0 aliphatic carbocycles. The Balaban J connectivity index is 1.55. The summed E-state index contributed by atoms with van der Waals surface area (Å²) in [5, 5.41) is 15.9. The van der Waals surface area contributed by atoms with Crippen molar-refractivity contribution in [1.29, 1.82) is 0 Å². The van der Waals surface area contributed by atoms with Crippen LogP contribution >= 0.6 is 11.3 Å². The first-order valence-corrected chi connectivity index (χ1v) is 13.8. The highest BCUT2D eigenvalue weighted by Crippen LogP contribution is 2.37. The molecular weight excluding hydrogens is 516 g/mol. The van der Waals surface area contributed by atoms with Gasteiger partial charge in [0.05, 0.1) is 23.9 Å². The zero-order valence-electron chi connectivity index (χ0n) is 22.1. The molecule has 0 bridgehead atoms. The first-order valence-electron chi connectivity index (χ1n) is 13.0. The summed E-state index contributed by atoms with van der Waals surface area (Å²) in [7, 11) is 0. The number of rotatable bonds is 9. The number of tetrazole rings is 1. The molecule has 0 saturated carbocycles. The van der Waals surface area contributed by atoms with E-state index >= 15 is 0 Å². The van der Waals surface area contributed by atoms with Crippen molar-refractivity contribution in [3.63, 3.8) is 0 Å². The number of nitrogens with zero attached hydrogens (tertiary/aromatic N) is 5. The molecule has 10 nitrogen and oxygen atoms in total. The van der Waals surface area contributed by atoms with Crippen molar-refractivity contribution >= 4 is 22.2 Å². The van der Waals surface area contributed by atoms with Crippen molar-refractivity contribution < 1.29 is 13.9 Å². The van der Waals surface area contributed by atoms with Crippen molar-refractivity contribution in [1.82, 2.24) is 30.1 Å². The molecule has 5 aromatic rings. The van der Waals surface area contributed by atoms with Gasteiger partial charge in [0.25, 0.3) is 5.56 Å². The Morgan fingerprint density at radius 1 is 1.13 bits per heavy atom. The fraction of sp³-hybridized carbons (Fsp3) is 0.357. The van der Waals surface area contributed by atoms with Crippen LogP contribution in [0.2, 0.25) is 0 Å². The van der Waals surface area contributed by atoms with Crippen LogP contribution in [0.3, 0.4) is 0 Å². The largest absolute Gasteiger partial charge is 0.486 e. The van der Waals surface area contributed by atoms with Gasteiger partial charge < -0.3 is 18.9 Å². The second-order valence-corrected chi connectivity index (χ2v) is 11.3. The number of aromatic nitrogens is 5. The van der Waals surface area contributed by atoms with Crippen LogP contribution in [-0.2, 0) is 18.6 Å². The number of thiophene rings is 1. The maximum absolute atomic E-state index is 13.8. The zero-order chi connectivity index (χ0) is 27.0. The second kappa shape index (κ2) is 10.3. The number of H-pyrrole nitrogens is 1. The van der Waals surface area contributed by atoms with E-state index in [0.717, 1.165) is 22.4 Å². The molecule has 1 aromatic carbocycles. The van der Waals surface area contributed by atoms with E-state index in [1.807, 2.05) is 46.5 Å². The number of fused-ring (bicyclic) bond motifs is 2. The SMILES string of the molecule is CCC(C)(C)n1nnnc1[C@H](c1cc2cc3c(cc2[nH]c1=O)OCCO3)N(Cc1ccco1)Cc1cccs1. The van der Waals surface area contributed by atoms with E-state index in [9.17, 15) is 4.79 Å². The summed E-state index contributed by atoms with van der Waals surface area (Å²) in [6, 6.07) is 13.0. The van der Waals surface area contributed by atoms with Crippen LogP contribution in [0.25, 0.3) is 10.9 Å². The number of nitrogens with one attached hydrogen (secondary N) is 1. The average molecular weight is 547 g/mol. The van der Waals surface area contributed by atoms with Crippen LogP contribution in [0.1, 0.15) is 55.3 Å². The number of hydrogen-bond donors (Lipinski definition) is 1. The van der Waals surface area contributed by atoms with Crippen LogP contribution in [0, 0.1) is 0 Å². The number of benzene rings is 1. The van der Waals surface area contributed by atoms with E-state index in [0.29, 0.717) is 54.7 Å². The third-order valence-corrected chi connectivity index (χ3v) is 8.11. The lowest BCUT2D eigenvalue weighted by Crippen LogP contribution is -2.37. The molecule has 1 N–H and O–H groups in total. The molecule has 202 valence electrons. The fourth-order valence-corrected chi connectivity index (χ4v) is 5.58. The second-order valence-electron chi connectivity index (χ2n) is 10.2. The molecule has 0 saturated heterocycles. The summed E-state index contributed by atoms with van der Waals surface area (Å²) in [6.07, 6.45) is 2.46. The van der Waals surface area contributed by atoms with Crippen LogP contribution < -0.4 is 15.0 Å². The van der Waals surface area contributed by atoms with Gasteiger partial charge in [-0.2, -0.15) is 0 Å². The molecule has 0 radical (unpaired) electrons. The molecule has 5 heterocycles. The Morgan fingerprint density at radius 2 is 1.95 bits per heavy atom. The molecular formula is C28H30N6O4S. The summed E-state index contributed by atoms with van der Waals surface area (Å²) < 4.78 is 19.2. The third-order valence-electron chi connectivity index (χ3n) is 7.25. The Labute approximate surface area is 229 Å². The molecule has 0 fully saturated rings. The lowest BCUT2D eigenvalue weighted by Gasteiger charge is -2.33. The molecule has 0 spiro atoms. The van der Waals surface area contributed by atoms with Crippen LogP contribution in [0.15, 0.2) is 63.3 Å². The quantitative estimate of drug-likeness (QED) is 0.279. The van der Waals surface area contributed by atoms with Gasteiger partial charge in [0, 0.05) is 28.4 Å². The standard InChI is InChI=1S/C28H30N6O4S/c1-4-28(2,3)34-26(30-31-32-34)25(33(16-19-7-5-9-36-19)17-20-8-6-12-39-20)21-13-18-14-23-24(38-11-10-37-23)15-22(18)29-27(21)35/h5-9,12-15,25H,4,10-11,16-17H2,1-3H3,(H,29,35)/t25-/m0/s1. The van der Waals surface area contributed by atoms with Gasteiger partial charge in [-0.25, -0.2) is 4.68 Å². The minimum atomic E-state index is -0.570. The van der Waals surface area contributed by atoms with E-state index in [1.54, 1.807) is 17.6 Å². The van der Waals surface area contributed by atoms with Gasteiger partial charge >= 0.3 is 0 Å². The molecule has 6 rings (SSSR count). The maximum atomic E-state index is 13.8. The molecule has 0 amide bonds. The predicted octanol–water partition coefficient (Wildman–Crippen LogP) is 4.88. The van der Waals surface area contributed by atoms with E-state index in [1.165, 1.54) is 0 Å². The lowest BCUT2D eigenvalue weighted by molar-refractivity contribution is 0.169. The van der Waals surface area contributed by atoms with Crippen LogP contribution in [0.4, 0.5) is 0 Å². The third kappa shape index (κ3) is 4.95. The summed E-state index contributed by atoms with van der Waals surface area (Å²) in [6.45, 7) is 8.26. The Hall–Kier alpha value is -3.96. The number of aromatic amines is 1. The van der Waals surface area contributed by atoms with Gasteiger partial charge in [-0.05, 0) is 66.4 Å². The first kappa shape index (κ1) is 25.3. The van der Waals surface area contributed by atoms with Crippen LogP contribution in [-0.4, -0.2) is 43.3 Å². The van der Waals surface area contributed by atoms with Gasteiger partial charge in [-0.1, -0.05) is 13.0 Å². The zero-order valence-corrected chi connectivity index (χ0v) is 22.9. The summed E-state index contributed by atoms with van der Waals surface area (Å²) in [5.41, 5.74) is 0.620. The van der Waals surface area contributed by atoms with Gasteiger partial charge in [-0.3, -0.25) is 9.69 Å². The van der Waals surface area contributed by atoms with Crippen molar-refractivity contribution in [2.45, 2.75) is 51.9 Å². The molecule has 1 aliphatic heterocycles. The lowest BCUT2D eigenvalue weighted by atomic mass is 9.99. The van der Waals surface area contributed by atoms with E-state index in [-0.39, 0.29) is 11.1 Å². The van der Waals surface area contributed by atoms with Gasteiger partial charge in [0.15, 0.2) is 17.3 Å². The predicted molar refractivity (Wildman–Crippen MR) is 147 cm³/mol. The fourth-order valence-electron chi connectivity index (χ4n) is 4.85. The minimum absolute atomic E-state index is 0.219. The topological polar surface area (TPSA) is 111 Å². The highest BCUT2D eigenvalue weighted by molar-refractivity contribution is 7.09. The number of pyridine rings is 1. The highest BCUT2D eigenvalue weighted by atomic mass is 32.1. The molecule has 1 atom stereocenters. The van der Waals surface area contributed by atoms with Crippen molar-refractivity contribution in [3.8, 4) is 11.5 Å². The van der Waals surface area contributed by atoms with E-state index in [4.69, 9.17) is 13.9 Å². The minimum Gasteiger partial charge on any atom is -0.486 e. The Morgan fingerprint density at radius 3 is 2.67 bits per heavy atom.